The average Bonchev–Trinajstić information content (AvgIpc) is 2.55. The minimum absolute atomic E-state index is 0.00532. The molecule has 0 heterocycles. The Balaban J connectivity index is 2.23. The third kappa shape index (κ3) is 8.89. The Morgan fingerprint density at radius 3 is 2.21 bits per heavy atom. The van der Waals surface area contributed by atoms with Gasteiger partial charge in [-0.25, -0.2) is 0 Å². The molecule has 1 aromatic carbocycles. The minimum Gasteiger partial charge on any atom is -0.480 e. The van der Waals surface area contributed by atoms with Crippen molar-refractivity contribution in [1.29, 1.82) is 0 Å². The first kappa shape index (κ1) is 20.5. The van der Waals surface area contributed by atoms with Crippen LogP contribution in [0.3, 0.4) is 0 Å². The summed E-state index contributed by atoms with van der Waals surface area (Å²) in [4.78, 5) is 22.6. The van der Waals surface area contributed by atoms with Crippen LogP contribution >= 0.6 is 11.6 Å². The van der Waals surface area contributed by atoms with E-state index in [-0.39, 0.29) is 12.3 Å². The van der Waals surface area contributed by atoms with E-state index in [0.29, 0.717) is 6.42 Å². The number of amides is 1. The van der Waals surface area contributed by atoms with Crippen LogP contribution in [0.2, 0.25) is 0 Å². The molecule has 0 saturated carbocycles. The molecule has 6 heteroatoms. The minimum atomic E-state index is -1.02. The number of benzene rings is 1. The summed E-state index contributed by atoms with van der Waals surface area (Å²) < 4.78 is 0. The number of unbranched alkanes of at least 4 members (excludes halogenated alkanes) is 5. The fourth-order valence-electron chi connectivity index (χ4n) is 2.38. The highest BCUT2D eigenvalue weighted by molar-refractivity contribution is 6.17. The van der Waals surface area contributed by atoms with E-state index >= 15 is 0 Å². The predicted molar refractivity (Wildman–Crippen MR) is 97.4 cm³/mol. The Kier molecular flexibility index (Phi) is 10.1. The lowest BCUT2D eigenvalue weighted by Crippen LogP contribution is -2.32. The molecule has 0 bridgehead atoms. The number of anilines is 1. The smallest absolute Gasteiger partial charge is 0.320 e. The molecule has 1 aromatic rings. The molecule has 0 aliphatic carbocycles. The number of carboxylic acid groups (broad SMARTS) is 1. The number of hydrogen-bond donors (Lipinski definition) is 3. The first-order valence-corrected chi connectivity index (χ1v) is 8.99. The highest BCUT2D eigenvalue weighted by Gasteiger charge is 2.12. The van der Waals surface area contributed by atoms with E-state index in [1.165, 1.54) is 6.42 Å². The van der Waals surface area contributed by atoms with E-state index in [1.807, 2.05) is 0 Å². The van der Waals surface area contributed by atoms with Crippen LogP contribution in [-0.4, -0.2) is 28.9 Å². The van der Waals surface area contributed by atoms with Crippen LogP contribution in [0.1, 0.15) is 50.5 Å². The maximum absolute atomic E-state index is 11.9. The van der Waals surface area contributed by atoms with Crippen LogP contribution in [0.5, 0.6) is 0 Å². The van der Waals surface area contributed by atoms with Gasteiger partial charge in [-0.05, 0) is 37.0 Å². The molecule has 1 amide bonds. The lowest BCUT2D eigenvalue weighted by Gasteiger charge is -2.08. The molecule has 0 aromatic heterocycles. The maximum atomic E-state index is 11.9. The molecule has 1 unspecified atom stereocenters. The summed E-state index contributed by atoms with van der Waals surface area (Å²) in [5.41, 5.74) is 7.05. The summed E-state index contributed by atoms with van der Waals surface area (Å²) in [6.45, 7) is 0. The second-order valence-corrected chi connectivity index (χ2v) is 6.33. The van der Waals surface area contributed by atoms with Gasteiger partial charge in [-0.2, -0.15) is 0 Å². The lowest BCUT2D eigenvalue weighted by atomic mass is 10.1. The molecule has 24 heavy (non-hydrogen) atoms. The topological polar surface area (TPSA) is 92.4 Å². The zero-order valence-corrected chi connectivity index (χ0v) is 14.7. The van der Waals surface area contributed by atoms with E-state index < -0.39 is 12.0 Å². The van der Waals surface area contributed by atoms with Crippen molar-refractivity contribution in [3.8, 4) is 0 Å². The first-order chi connectivity index (χ1) is 11.5. The van der Waals surface area contributed by atoms with Crippen molar-refractivity contribution in [1.82, 2.24) is 0 Å². The number of carbonyl (C=O) groups excluding carboxylic acids is 1. The molecule has 0 saturated heterocycles. The Morgan fingerprint density at radius 2 is 1.62 bits per heavy atom. The molecule has 5 nitrogen and oxygen atoms in total. The van der Waals surface area contributed by atoms with Gasteiger partial charge in [0.15, 0.2) is 0 Å². The molecule has 1 rings (SSSR count). The maximum Gasteiger partial charge on any atom is 0.320 e. The fourth-order valence-corrected chi connectivity index (χ4v) is 2.57. The molecular weight excluding hydrogens is 328 g/mol. The van der Waals surface area contributed by atoms with E-state index in [4.69, 9.17) is 22.4 Å². The van der Waals surface area contributed by atoms with Crippen molar-refractivity contribution in [3.05, 3.63) is 29.8 Å². The Bertz CT molecular complexity index is 505. The standard InChI is InChI=1S/C18H27ClN2O3/c19-12-6-4-2-1-3-5-7-17(22)21-15-10-8-14(9-11-15)13-16(20)18(23)24/h8-11,16H,1-7,12-13,20H2,(H,21,22)(H,23,24). The third-order valence-corrected chi connectivity index (χ3v) is 4.07. The van der Waals surface area contributed by atoms with Crippen molar-refractivity contribution in [2.75, 3.05) is 11.2 Å². The SMILES string of the molecule is NC(Cc1ccc(NC(=O)CCCCCCCCCl)cc1)C(=O)O. The summed E-state index contributed by atoms with van der Waals surface area (Å²) >= 11 is 5.62. The average molecular weight is 355 g/mol. The van der Waals surface area contributed by atoms with Gasteiger partial charge in [0.2, 0.25) is 5.91 Å². The van der Waals surface area contributed by atoms with Crippen molar-refractivity contribution in [2.45, 2.75) is 57.4 Å². The molecule has 4 N–H and O–H groups in total. The van der Waals surface area contributed by atoms with Crippen LogP contribution in [0.15, 0.2) is 24.3 Å². The molecule has 0 aliphatic heterocycles. The molecule has 0 aliphatic rings. The van der Waals surface area contributed by atoms with E-state index in [9.17, 15) is 9.59 Å². The Hall–Kier alpha value is -1.59. The van der Waals surface area contributed by atoms with E-state index in [0.717, 1.165) is 49.2 Å². The second-order valence-electron chi connectivity index (χ2n) is 5.95. The number of nitrogens with two attached hydrogens (primary N) is 1. The van der Waals surface area contributed by atoms with Gasteiger partial charge in [0, 0.05) is 18.0 Å². The molecule has 1 atom stereocenters. The van der Waals surface area contributed by atoms with Crippen molar-refractivity contribution >= 4 is 29.2 Å². The summed E-state index contributed by atoms with van der Waals surface area (Å²) in [6.07, 6.45) is 7.27. The van der Waals surface area contributed by atoms with Crippen LogP contribution in [-0.2, 0) is 16.0 Å². The van der Waals surface area contributed by atoms with Gasteiger partial charge < -0.3 is 16.2 Å². The zero-order valence-electron chi connectivity index (χ0n) is 14.0. The number of carbonyl (C=O) groups is 2. The van der Waals surface area contributed by atoms with Crippen LogP contribution in [0.25, 0.3) is 0 Å². The fraction of sp³-hybridized carbons (Fsp3) is 0.556. The highest BCUT2D eigenvalue weighted by atomic mass is 35.5. The van der Waals surface area contributed by atoms with Crippen LogP contribution in [0.4, 0.5) is 5.69 Å². The zero-order chi connectivity index (χ0) is 17.8. The second kappa shape index (κ2) is 11.9. The van der Waals surface area contributed by atoms with Gasteiger partial charge in [0.25, 0.3) is 0 Å². The number of carboxylic acids is 1. The highest BCUT2D eigenvalue weighted by Crippen LogP contribution is 2.13. The van der Waals surface area contributed by atoms with Gasteiger partial charge in [-0.15, -0.1) is 11.6 Å². The number of halogens is 1. The molecule has 134 valence electrons. The van der Waals surface area contributed by atoms with Gasteiger partial charge in [0.1, 0.15) is 6.04 Å². The van der Waals surface area contributed by atoms with Crippen molar-refractivity contribution in [2.24, 2.45) is 5.73 Å². The largest absolute Gasteiger partial charge is 0.480 e. The number of nitrogens with one attached hydrogen (secondary N) is 1. The normalized spacial score (nSPS) is 11.9. The van der Waals surface area contributed by atoms with Crippen LogP contribution in [0, 0.1) is 0 Å². The molecule has 0 fully saturated rings. The first-order valence-electron chi connectivity index (χ1n) is 8.46. The van der Waals surface area contributed by atoms with Gasteiger partial charge in [-0.1, -0.05) is 37.8 Å². The summed E-state index contributed by atoms with van der Waals surface area (Å²) in [6, 6.07) is 6.21. The monoisotopic (exact) mass is 354 g/mol. The number of rotatable bonds is 12. The van der Waals surface area contributed by atoms with Crippen molar-refractivity contribution in [3.63, 3.8) is 0 Å². The molecular formula is C18H27ClN2O3. The summed E-state index contributed by atoms with van der Waals surface area (Å²) in [7, 11) is 0. The number of alkyl halides is 1. The third-order valence-electron chi connectivity index (χ3n) is 3.80. The Labute approximate surface area is 148 Å². The molecule has 0 radical (unpaired) electrons. The summed E-state index contributed by atoms with van der Waals surface area (Å²) in [5, 5.41) is 11.6. The molecule has 0 spiro atoms. The van der Waals surface area contributed by atoms with E-state index in [2.05, 4.69) is 5.32 Å². The number of hydrogen-bond acceptors (Lipinski definition) is 3. The number of aliphatic carboxylic acids is 1. The van der Waals surface area contributed by atoms with Gasteiger partial charge in [-0.3, -0.25) is 9.59 Å². The van der Waals surface area contributed by atoms with Gasteiger partial charge in [0.05, 0.1) is 0 Å². The predicted octanol–water partition coefficient (Wildman–Crippen LogP) is 3.55. The Morgan fingerprint density at radius 1 is 1.04 bits per heavy atom. The lowest BCUT2D eigenvalue weighted by molar-refractivity contribution is -0.138. The quantitative estimate of drug-likeness (QED) is 0.395. The van der Waals surface area contributed by atoms with Gasteiger partial charge >= 0.3 is 5.97 Å². The van der Waals surface area contributed by atoms with Crippen molar-refractivity contribution < 1.29 is 14.7 Å². The summed E-state index contributed by atoms with van der Waals surface area (Å²) in [5.74, 6) is -0.288. The van der Waals surface area contributed by atoms with Crippen LogP contribution < -0.4 is 11.1 Å². The van der Waals surface area contributed by atoms with E-state index in [1.54, 1.807) is 24.3 Å².